The van der Waals surface area contributed by atoms with Crippen LogP contribution in [0.2, 0.25) is 0 Å². The van der Waals surface area contributed by atoms with Gasteiger partial charge in [-0.25, -0.2) is 4.98 Å². The fourth-order valence-corrected chi connectivity index (χ4v) is 4.44. The molecule has 6 nitrogen and oxygen atoms in total. The first-order valence-electron chi connectivity index (χ1n) is 11.7. The normalized spacial score (nSPS) is 15.8. The number of carbonyl (C=O) groups is 1. The maximum Gasteiger partial charge on any atom is 0.240 e. The fraction of sp³-hybridized carbons (Fsp3) is 0.370. The first-order chi connectivity index (χ1) is 16.2. The van der Waals surface area contributed by atoms with Gasteiger partial charge in [0.15, 0.2) is 0 Å². The number of rotatable bonds is 10. The van der Waals surface area contributed by atoms with E-state index in [4.69, 9.17) is 5.26 Å². The molecule has 2 heterocycles. The summed E-state index contributed by atoms with van der Waals surface area (Å²) in [5.74, 6) is 0.230. The van der Waals surface area contributed by atoms with Crippen molar-refractivity contribution in [2.24, 2.45) is 0 Å². The van der Waals surface area contributed by atoms with Crippen LogP contribution in [0.3, 0.4) is 0 Å². The molecule has 1 unspecified atom stereocenters. The van der Waals surface area contributed by atoms with Crippen molar-refractivity contribution in [3.63, 3.8) is 0 Å². The van der Waals surface area contributed by atoms with Crippen LogP contribution in [0.15, 0.2) is 67.1 Å². The van der Waals surface area contributed by atoms with Crippen LogP contribution in [0.5, 0.6) is 0 Å². The molecule has 2 aromatic carbocycles. The summed E-state index contributed by atoms with van der Waals surface area (Å²) in [5.41, 5.74) is 4.06. The maximum absolute atomic E-state index is 13.3. The molecule has 0 radical (unpaired) electrons. The summed E-state index contributed by atoms with van der Waals surface area (Å²) in [6.07, 6.45) is 6.77. The van der Waals surface area contributed by atoms with Crippen LogP contribution in [0.1, 0.15) is 48.6 Å². The van der Waals surface area contributed by atoms with Gasteiger partial charge < -0.3 is 9.47 Å². The zero-order valence-electron chi connectivity index (χ0n) is 19.2. The quantitative estimate of drug-likeness (QED) is 0.473. The zero-order chi connectivity index (χ0) is 23.0. The first-order valence-corrected chi connectivity index (χ1v) is 11.7. The number of benzene rings is 2. The predicted octanol–water partition coefficient (Wildman–Crippen LogP) is 4.21. The van der Waals surface area contributed by atoms with E-state index < -0.39 is 0 Å². The molecule has 1 saturated heterocycles. The standard InChI is InChI=1S/C27H31N5O/c1-2-3-14-30(26-13-15-31(27(26)33)18-23-7-5-4-6-8-23)20-25-17-29-21-32(25)19-24-11-9-22(16-28)10-12-24/h4-12,17,21,26H,2-3,13-15,18-20H2,1H3. The second-order valence-electron chi connectivity index (χ2n) is 8.70. The minimum atomic E-state index is -0.0847. The second-order valence-corrected chi connectivity index (χ2v) is 8.70. The highest BCUT2D eigenvalue weighted by Crippen LogP contribution is 2.22. The monoisotopic (exact) mass is 441 g/mol. The van der Waals surface area contributed by atoms with E-state index >= 15 is 0 Å². The molecule has 170 valence electrons. The third-order valence-electron chi connectivity index (χ3n) is 6.32. The molecule has 1 atom stereocenters. The van der Waals surface area contributed by atoms with Gasteiger partial charge in [0.1, 0.15) is 0 Å². The van der Waals surface area contributed by atoms with Crippen LogP contribution in [0.25, 0.3) is 0 Å². The third kappa shape index (κ3) is 5.68. The minimum absolute atomic E-state index is 0.0847. The Morgan fingerprint density at radius 3 is 2.58 bits per heavy atom. The number of hydrogen-bond acceptors (Lipinski definition) is 4. The number of nitrogens with zero attached hydrogens (tertiary/aromatic N) is 5. The first kappa shape index (κ1) is 22.8. The van der Waals surface area contributed by atoms with Gasteiger partial charge in [0.25, 0.3) is 0 Å². The van der Waals surface area contributed by atoms with E-state index in [1.54, 1.807) is 0 Å². The molecule has 33 heavy (non-hydrogen) atoms. The lowest BCUT2D eigenvalue weighted by Crippen LogP contribution is -2.42. The Morgan fingerprint density at radius 1 is 1.09 bits per heavy atom. The van der Waals surface area contributed by atoms with Crippen LogP contribution >= 0.6 is 0 Å². The molecule has 4 rings (SSSR count). The van der Waals surface area contributed by atoms with Crippen LogP contribution in [-0.4, -0.2) is 44.4 Å². The van der Waals surface area contributed by atoms with Gasteiger partial charge in [0.2, 0.25) is 5.91 Å². The minimum Gasteiger partial charge on any atom is -0.337 e. The Hall–Kier alpha value is -3.43. The smallest absolute Gasteiger partial charge is 0.240 e. The lowest BCUT2D eigenvalue weighted by Gasteiger charge is -2.28. The van der Waals surface area contributed by atoms with E-state index in [0.717, 1.165) is 43.6 Å². The highest BCUT2D eigenvalue weighted by atomic mass is 16.2. The number of nitriles is 1. The zero-order valence-corrected chi connectivity index (χ0v) is 19.2. The molecule has 1 aliphatic rings. The van der Waals surface area contributed by atoms with E-state index in [0.29, 0.717) is 25.2 Å². The second kappa shape index (κ2) is 10.9. The number of hydrogen-bond donors (Lipinski definition) is 0. The number of imidazole rings is 1. The number of amides is 1. The summed E-state index contributed by atoms with van der Waals surface area (Å²) in [4.78, 5) is 22.0. The van der Waals surface area contributed by atoms with Crippen molar-refractivity contribution >= 4 is 5.91 Å². The van der Waals surface area contributed by atoms with E-state index in [9.17, 15) is 4.79 Å². The molecular weight excluding hydrogens is 410 g/mol. The van der Waals surface area contributed by atoms with E-state index in [-0.39, 0.29) is 11.9 Å². The summed E-state index contributed by atoms with van der Waals surface area (Å²) in [7, 11) is 0. The van der Waals surface area contributed by atoms with Crippen molar-refractivity contribution in [3.05, 3.63) is 89.5 Å². The summed E-state index contributed by atoms with van der Waals surface area (Å²) in [5, 5.41) is 9.02. The van der Waals surface area contributed by atoms with Crippen molar-refractivity contribution in [1.82, 2.24) is 19.4 Å². The summed E-state index contributed by atoms with van der Waals surface area (Å²) in [6, 6.07) is 20.0. The molecule has 0 bridgehead atoms. The van der Waals surface area contributed by atoms with Gasteiger partial charge in [-0.05, 0) is 42.6 Å². The van der Waals surface area contributed by atoms with Gasteiger partial charge in [0, 0.05) is 32.4 Å². The third-order valence-corrected chi connectivity index (χ3v) is 6.32. The van der Waals surface area contributed by atoms with Crippen molar-refractivity contribution in [2.75, 3.05) is 13.1 Å². The van der Waals surface area contributed by atoms with Crippen molar-refractivity contribution in [3.8, 4) is 6.07 Å². The maximum atomic E-state index is 13.3. The molecule has 0 aliphatic carbocycles. The average molecular weight is 442 g/mol. The Kier molecular flexibility index (Phi) is 7.54. The lowest BCUT2D eigenvalue weighted by atomic mass is 10.1. The number of unbranched alkanes of at least 4 members (excludes halogenated alkanes) is 1. The van der Waals surface area contributed by atoms with Gasteiger partial charge in [-0.2, -0.15) is 5.26 Å². The molecule has 3 aromatic rings. The topological polar surface area (TPSA) is 65.2 Å². The highest BCUT2D eigenvalue weighted by Gasteiger charge is 2.35. The summed E-state index contributed by atoms with van der Waals surface area (Å²) in [6.45, 7) is 5.95. The van der Waals surface area contributed by atoms with Gasteiger partial charge in [-0.3, -0.25) is 9.69 Å². The van der Waals surface area contributed by atoms with Crippen LogP contribution in [0, 0.1) is 11.3 Å². The lowest BCUT2D eigenvalue weighted by molar-refractivity contribution is -0.132. The van der Waals surface area contributed by atoms with E-state index in [1.165, 1.54) is 5.56 Å². The largest absolute Gasteiger partial charge is 0.337 e. The number of likely N-dealkylation sites (tertiary alicyclic amines) is 1. The van der Waals surface area contributed by atoms with Crippen molar-refractivity contribution in [2.45, 2.75) is 51.9 Å². The van der Waals surface area contributed by atoms with Crippen LogP contribution in [0.4, 0.5) is 0 Å². The molecule has 1 aliphatic heterocycles. The Bertz CT molecular complexity index is 1080. The fourth-order valence-electron chi connectivity index (χ4n) is 4.44. The van der Waals surface area contributed by atoms with Crippen molar-refractivity contribution < 1.29 is 4.79 Å². The molecule has 0 spiro atoms. The van der Waals surface area contributed by atoms with E-state index in [1.807, 2.05) is 59.9 Å². The SMILES string of the molecule is CCCCN(Cc1cncn1Cc1ccc(C#N)cc1)C1CCN(Cc2ccccc2)C1=O. The highest BCUT2D eigenvalue weighted by molar-refractivity contribution is 5.84. The molecule has 0 saturated carbocycles. The summed E-state index contributed by atoms with van der Waals surface area (Å²) >= 11 is 0. The summed E-state index contributed by atoms with van der Waals surface area (Å²) < 4.78 is 2.14. The van der Waals surface area contributed by atoms with Crippen LogP contribution < -0.4 is 0 Å². The Balaban J connectivity index is 1.46. The van der Waals surface area contributed by atoms with Crippen LogP contribution in [-0.2, 0) is 24.4 Å². The number of carbonyl (C=O) groups excluding carboxylic acids is 1. The predicted molar refractivity (Wildman–Crippen MR) is 128 cm³/mol. The number of aromatic nitrogens is 2. The Labute approximate surface area is 196 Å². The van der Waals surface area contributed by atoms with Crippen molar-refractivity contribution in [1.29, 1.82) is 5.26 Å². The van der Waals surface area contributed by atoms with Gasteiger partial charge in [-0.1, -0.05) is 55.8 Å². The molecule has 6 heteroatoms. The van der Waals surface area contributed by atoms with Gasteiger partial charge in [-0.15, -0.1) is 0 Å². The molecular formula is C27H31N5O. The van der Waals surface area contributed by atoms with Gasteiger partial charge >= 0.3 is 0 Å². The molecule has 1 amide bonds. The molecule has 1 aromatic heterocycles. The average Bonchev–Trinajstić information content (AvgIpc) is 3.44. The van der Waals surface area contributed by atoms with E-state index in [2.05, 4.69) is 39.6 Å². The Morgan fingerprint density at radius 2 is 1.85 bits per heavy atom. The van der Waals surface area contributed by atoms with Gasteiger partial charge in [0.05, 0.1) is 29.7 Å². The molecule has 1 fully saturated rings. The molecule has 0 N–H and O–H groups in total.